The highest BCUT2D eigenvalue weighted by Gasteiger charge is 2.05. The first-order valence-corrected chi connectivity index (χ1v) is 3.93. The number of aromatic nitrogens is 3. The van der Waals surface area contributed by atoms with Crippen LogP contribution in [0, 0.1) is 0 Å². The third-order valence-corrected chi connectivity index (χ3v) is 2.03. The van der Waals surface area contributed by atoms with Crippen molar-refractivity contribution in [2.45, 2.75) is 0 Å². The zero-order chi connectivity index (χ0) is 11.1. The van der Waals surface area contributed by atoms with E-state index < -0.39 is 7.04 Å². The Morgan fingerprint density at radius 1 is 1.67 bits per heavy atom. The van der Waals surface area contributed by atoms with Crippen LogP contribution in [0.3, 0.4) is 0 Å². The van der Waals surface area contributed by atoms with Crippen molar-refractivity contribution in [3.8, 4) is 5.88 Å². The summed E-state index contributed by atoms with van der Waals surface area (Å²) in [6.45, 7) is 0. The van der Waals surface area contributed by atoms with E-state index in [4.69, 9.17) is 8.85 Å². The fourth-order valence-corrected chi connectivity index (χ4v) is 1.33. The van der Waals surface area contributed by atoms with Crippen molar-refractivity contribution >= 4 is 21.6 Å². The maximum atomic E-state index is 6.97. The molecule has 0 fully saturated rings. The van der Waals surface area contributed by atoms with E-state index in [1.165, 1.54) is 6.20 Å². The van der Waals surface area contributed by atoms with Crippen molar-refractivity contribution in [1.29, 1.82) is 0 Å². The monoisotopic (exact) mass is 230 g/mol. The van der Waals surface area contributed by atoms with E-state index in [0.29, 0.717) is 10.3 Å². The molecule has 62 valence electrons. The summed E-state index contributed by atoms with van der Waals surface area (Å²) in [4.78, 5) is 7.80. The van der Waals surface area contributed by atoms with Gasteiger partial charge in [-0.25, -0.2) is 9.97 Å². The van der Waals surface area contributed by atoms with E-state index in [2.05, 4.69) is 25.9 Å². The van der Waals surface area contributed by atoms with Gasteiger partial charge in [-0.1, -0.05) is 0 Å². The minimum atomic E-state index is -2.52. The van der Waals surface area contributed by atoms with Crippen molar-refractivity contribution in [3.05, 3.63) is 23.2 Å². The lowest BCUT2D eigenvalue weighted by atomic mass is 10.6. The second-order valence-corrected chi connectivity index (χ2v) is 2.92. The highest BCUT2D eigenvalue weighted by molar-refractivity contribution is 9.10. The second-order valence-electron chi connectivity index (χ2n) is 2.11. The molecule has 0 aliphatic carbocycles. The van der Waals surface area contributed by atoms with Crippen molar-refractivity contribution in [2.24, 2.45) is 0 Å². The summed E-state index contributed by atoms with van der Waals surface area (Å²) in [6.07, 6.45) is 4.64. The molecule has 0 amide bonds. The third-order valence-electron chi connectivity index (χ3n) is 1.45. The van der Waals surface area contributed by atoms with Crippen LogP contribution in [-0.2, 0) is 0 Å². The van der Waals surface area contributed by atoms with Gasteiger partial charge in [-0.3, -0.25) is 4.40 Å². The smallest absolute Gasteiger partial charge is 0.258 e. The van der Waals surface area contributed by atoms with Gasteiger partial charge in [-0.2, -0.15) is 0 Å². The van der Waals surface area contributed by atoms with E-state index in [1.54, 1.807) is 16.8 Å². The van der Waals surface area contributed by atoms with Gasteiger partial charge in [0.05, 0.1) is 17.3 Å². The van der Waals surface area contributed by atoms with Crippen LogP contribution in [0.15, 0.2) is 23.2 Å². The topological polar surface area (TPSA) is 39.4 Å². The van der Waals surface area contributed by atoms with Gasteiger partial charge < -0.3 is 4.74 Å². The minimum absolute atomic E-state index is 0.0109. The Morgan fingerprint density at radius 2 is 2.58 bits per heavy atom. The summed E-state index contributed by atoms with van der Waals surface area (Å²) in [6, 6.07) is 0. The summed E-state index contributed by atoms with van der Waals surface area (Å²) >= 11 is 3.26. The molecule has 2 heterocycles. The molecule has 2 aromatic rings. The standard InChI is InChI=1S/C7H6BrN3O/c1-12-7-6-10-4-5(8)11(6)3-2-9-7/h2-4H,1H3/i1D3. The first-order valence-electron chi connectivity index (χ1n) is 4.64. The second kappa shape index (κ2) is 2.75. The maximum Gasteiger partial charge on any atom is 0.258 e. The Bertz CT molecular complexity index is 496. The molecule has 0 saturated carbocycles. The lowest BCUT2D eigenvalue weighted by molar-refractivity contribution is 0.400. The van der Waals surface area contributed by atoms with E-state index >= 15 is 0 Å². The van der Waals surface area contributed by atoms with Crippen LogP contribution in [0.4, 0.5) is 0 Å². The summed E-state index contributed by atoms with van der Waals surface area (Å²) in [7, 11) is -2.52. The lowest BCUT2D eigenvalue weighted by Gasteiger charge is -1.99. The number of imidazole rings is 1. The van der Waals surface area contributed by atoms with E-state index in [-0.39, 0.29) is 5.88 Å². The molecule has 2 aromatic heterocycles. The lowest BCUT2D eigenvalue weighted by Crippen LogP contribution is -1.93. The maximum absolute atomic E-state index is 6.97. The molecular weight excluding hydrogens is 222 g/mol. The number of methoxy groups -OCH3 is 1. The van der Waals surface area contributed by atoms with Crippen molar-refractivity contribution < 1.29 is 8.85 Å². The van der Waals surface area contributed by atoms with Crippen LogP contribution >= 0.6 is 15.9 Å². The predicted octanol–water partition coefficient (Wildman–Crippen LogP) is 1.50. The summed E-state index contributed by atoms with van der Waals surface area (Å²) in [5, 5.41) is 0. The highest BCUT2D eigenvalue weighted by Crippen LogP contribution is 2.18. The average Bonchev–Trinajstić information content (AvgIpc) is 2.47. The molecule has 0 N–H and O–H groups in total. The molecule has 2 rings (SSSR count). The molecule has 0 saturated heterocycles. The Balaban J connectivity index is 2.52. The molecule has 0 aliphatic heterocycles. The van der Waals surface area contributed by atoms with Crippen molar-refractivity contribution in [3.63, 3.8) is 0 Å². The first kappa shape index (κ1) is 4.81. The molecule has 0 radical (unpaired) electrons. The number of rotatable bonds is 1. The van der Waals surface area contributed by atoms with E-state index in [1.807, 2.05) is 0 Å². The number of hydrogen-bond acceptors (Lipinski definition) is 3. The van der Waals surface area contributed by atoms with Gasteiger partial charge in [0.2, 0.25) is 5.65 Å². The number of nitrogens with zero attached hydrogens (tertiary/aromatic N) is 3. The van der Waals surface area contributed by atoms with Gasteiger partial charge in [0.25, 0.3) is 5.88 Å². The van der Waals surface area contributed by atoms with Gasteiger partial charge in [-0.05, 0) is 15.9 Å². The fraction of sp³-hybridized carbons (Fsp3) is 0.143. The predicted molar refractivity (Wildman–Crippen MR) is 47.2 cm³/mol. The van der Waals surface area contributed by atoms with Crippen LogP contribution in [0.1, 0.15) is 4.11 Å². The molecule has 0 atom stereocenters. The van der Waals surface area contributed by atoms with Gasteiger partial charge in [0.1, 0.15) is 4.60 Å². The molecule has 5 heteroatoms. The zero-order valence-corrected chi connectivity index (χ0v) is 7.45. The number of hydrogen-bond donors (Lipinski definition) is 0. The molecule has 12 heavy (non-hydrogen) atoms. The van der Waals surface area contributed by atoms with E-state index in [9.17, 15) is 0 Å². The van der Waals surface area contributed by atoms with Gasteiger partial charge in [0, 0.05) is 12.4 Å². The largest absolute Gasteiger partial charge is 0.478 e. The van der Waals surface area contributed by atoms with Crippen molar-refractivity contribution in [2.75, 3.05) is 7.04 Å². The van der Waals surface area contributed by atoms with Crippen LogP contribution in [0.5, 0.6) is 5.88 Å². The molecule has 0 spiro atoms. The molecule has 0 bridgehead atoms. The number of ether oxygens (including phenoxy) is 1. The zero-order valence-electron chi connectivity index (χ0n) is 8.86. The van der Waals surface area contributed by atoms with Crippen LogP contribution < -0.4 is 4.74 Å². The quantitative estimate of drug-likeness (QED) is 0.746. The van der Waals surface area contributed by atoms with Gasteiger partial charge in [0.15, 0.2) is 0 Å². The Morgan fingerprint density at radius 3 is 3.42 bits per heavy atom. The minimum Gasteiger partial charge on any atom is -0.478 e. The van der Waals surface area contributed by atoms with Crippen LogP contribution in [-0.4, -0.2) is 21.4 Å². The fourth-order valence-electron chi connectivity index (χ4n) is 0.937. The molecule has 0 unspecified atom stereocenters. The van der Waals surface area contributed by atoms with Crippen LogP contribution in [0.2, 0.25) is 0 Å². The van der Waals surface area contributed by atoms with E-state index in [0.717, 1.165) is 0 Å². The Hall–Kier alpha value is -1.10. The first-order chi connectivity index (χ1) is 6.97. The van der Waals surface area contributed by atoms with Gasteiger partial charge in [-0.15, -0.1) is 0 Å². The third kappa shape index (κ3) is 0.972. The van der Waals surface area contributed by atoms with Crippen molar-refractivity contribution in [1.82, 2.24) is 14.4 Å². The Labute approximate surface area is 81.5 Å². The average molecular weight is 231 g/mol. The summed E-state index contributed by atoms with van der Waals surface area (Å²) in [5.41, 5.74) is 0.362. The van der Waals surface area contributed by atoms with Crippen LogP contribution in [0.25, 0.3) is 5.65 Å². The normalized spacial score (nSPS) is 15.2. The SMILES string of the molecule is [2H]C([2H])([2H])Oc1nccn2c(Br)cnc12. The molecule has 4 nitrogen and oxygen atoms in total. The highest BCUT2D eigenvalue weighted by atomic mass is 79.9. The summed E-state index contributed by atoms with van der Waals surface area (Å²) in [5.74, 6) is -0.0109. The van der Waals surface area contributed by atoms with Gasteiger partial charge >= 0.3 is 0 Å². The number of halogens is 1. The Kier molecular flexibility index (Phi) is 1.10. The molecule has 0 aromatic carbocycles. The summed E-state index contributed by atoms with van der Waals surface area (Å²) < 4.78 is 28.0. The molecular formula is C7H6BrN3O. The number of fused-ring (bicyclic) bond motifs is 1. The molecule has 0 aliphatic rings.